The number of aromatic nitrogens is 2. The number of carboxylic acid groups (broad SMARTS) is 1. The summed E-state index contributed by atoms with van der Waals surface area (Å²) in [7, 11) is 0. The van der Waals surface area contributed by atoms with Gasteiger partial charge in [0.15, 0.2) is 11.6 Å². The lowest BCUT2D eigenvalue weighted by Crippen LogP contribution is -2.49. The third-order valence-corrected chi connectivity index (χ3v) is 7.32. The SMILES string of the molecule is CCc1cc(CN2CC(C(=O)O)C2)sc1-c1noc(-c2ccc(Oc3cccc(F)c3F)c(Cl)c2)n1. The number of halogens is 3. The van der Waals surface area contributed by atoms with E-state index in [1.807, 2.05) is 6.92 Å². The van der Waals surface area contributed by atoms with Gasteiger partial charge in [0.2, 0.25) is 11.6 Å². The zero-order chi connectivity index (χ0) is 25.4. The lowest BCUT2D eigenvalue weighted by atomic mass is 10.0. The summed E-state index contributed by atoms with van der Waals surface area (Å²) in [5, 5.41) is 13.4. The Morgan fingerprint density at radius 2 is 2.06 bits per heavy atom. The van der Waals surface area contributed by atoms with Crippen molar-refractivity contribution in [3.63, 3.8) is 0 Å². The van der Waals surface area contributed by atoms with E-state index >= 15 is 0 Å². The van der Waals surface area contributed by atoms with E-state index in [1.165, 1.54) is 18.2 Å². The lowest BCUT2D eigenvalue weighted by molar-refractivity contribution is -0.147. The molecule has 2 aromatic carbocycles. The van der Waals surface area contributed by atoms with Crippen molar-refractivity contribution in [1.29, 1.82) is 0 Å². The van der Waals surface area contributed by atoms with Crippen molar-refractivity contribution in [2.45, 2.75) is 19.9 Å². The van der Waals surface area contributed by atoms with Crippen molar-refractivity contribution in [3.05, 3.63) is 69.6 Å². The molecule has 0 saturated carbocycles. The van der Waals surface area contributed by atoms with Crippen LogP contribution in [0.2, 0.25) is 5.02 Å². The third kappa shape index (κ3) is 4.84. The molecule has 0 unspecified atom stereocenters. The van der Waals surface area contributed by atoms with Gasteiger partial charge in [-0.15, -0.1) is 11.3 Å². The fourth-order valence-electron chi connectivity index (χ4n) is 3.92. The zero-order valence-corrected chi connectivity index (χ0v) is 20.6. The largest absolute Gasteiger partial charge is 0.481 e. The predicted molar refractivity (Wildman–Crippen MR) is 130 cm³/mol. The minimum absolute atomic E-state index is 0.150. The third-order valence-electron chi connectivity index (χ3n) is 5.87. The quantitative estimate of drug-likeness (QED) is 0.287. The topological polar surface area (TPSA) is 88.7 Å². The zero-order valence-electron chi connectivity index (χ0n) is 19.0. The number of rotatable bonds is 8. The van der Waals surface area contributed by atoms with Gasteiger partial charge in [-0.2, -0.15) is 9.37 Å². The minimum atomic E-state index is -1.10. The van der Waals surface area contributed by atoms with E-state index in [0.717, 1.165) is 27.8 Å². The van der Waals surface area contributed by atoms with E-state index in [0.29, 0.717) is 31.0 Å². The highest BCUT2D eigenvalue weighted by Crippen LogP contribution is 2.37. The first-order valence-electron chi connectivity index (χ1n) is 11.1. The number of carboxylic acids is 1. The minimum Gasteiger partial charge on any atom is -0.481 e. The van der Waals surface area contributed by atoms with E-state index in [4.69, 9.17) is 26.0 Å². The van der Waals surface area contributed by atoms with E-state index in [1.54, 1.807) is 23.5 Å². The van der Waals surface area contributed by atoms with E-state index < -0.39 is 17.6 Å². The standard InChI is InChI=1S/C25H20ClF2N3O4S/c1-2-13-8-16(12-31-10-15(11-31)25(32)33)36-22(13)23-29-24(35-30-23)14-6-7-19(17(26)9-14)34-20-5-3-4-18(27)21(20)28/h3-9,15H,2,10-12H2,1H3,(H,32,33). The molecular formula is C25H20ClF2N3O4S. The molecule has 0 radical (unpaired) electrons. The number of hydrogen-bond donors (Lipinski definition) is 1. The normalized spacial score (nSPS) is 14.1. The summed E-state index contributed by atoms with van der Waals surface area (Å²) < 4.78 is 38.3. The second-order valence-electron chi connectivity index (χ2n) is 8.37. The molecule has 0 aliphatic carbocycles. The van der Waals surface area contributed by atoms with Crippen LogP contribution in [0.15, 0.2) is 47.0 Å². The molecule has 1 aliphatic heterocycles. The van der Waals surface area contributed by atoms with Gasteiger partial charge in [0.1, 0.15) is 5.75 Å². The van der Waals surface area contributed by atoms with E-state index in [9.17, 15) is 13.6 Å². The molecular weight excluding hydrogens is 512 g/mol. The molecule has 5 rings (SSSR count). The van der Waals surface area contributed by atoms with Gasteiger partial charge in [0, 0.05) is 30.1 Å². The number of carbonyl (C=O) groups is 1. The fraction of sp³-hybridized carbons (Fsp3) is 0.240. The van der Waals surface area contributed by atoms with Crippen molar-refractivity contribution in [2.24, 2.45) is 5.92 Å². The Kier molecular flexibility index (Phi) is 6.74. The second kappa shape index (κ2) is 9.96. The van der Waals surface area contributed by atoms with Crippen LogP contribution in [-0.2, 0) is 17.8 Å². The molecule has 0 atom stereocenters. The molecule has 3 heterocycles. The fourth-order valence-corrected chi connectivity index (χ4v) is 5.36. The highest BCUT2D eigenvalue weighted by atomic mass is 35.5. The Bertz CT molecular complexity index is 1430. The number of thiophene rings is 1. The molecule has 0 amide bonds. The van der Waals surface area contributed by atoms with Gasteiger partial charge in [0.25, 0.3) is 5.89 Å². The predicted octanol–water partition coefficient (Wildman–Crippen LogP) is 6.27. The van der Waals surface area contributed by atoms with Crippen LogP contribution in [0.5, 0.6) is 11.5 Å². The van der Waals surface area contributed by atoms with Crippen molar-refractivity contribution < 1.29 is 27.9 Å². The molecule has 0 bridgehead atoms. The van der Waals surface area contributed by atoms with Gasteiger partial charge in [0.05, 0.1) is 15.8 Å². The summed E-state index contributed by atoms with van der Waals surface area (Å²) in [6, 6.07) is 10.4. The summed E-state index contributed by atoms with van der Waals surface area (Å²) in [4.78, 5) is 19.7. The van der Waals surface area contributed by atoms with Crippen LogP contribution in [0, 0.1) is 17.6 Å². The summed E-state index contributed by atoms with van der Waals surface area (Å²) in [5.74, 6) is -2.60. The first kappa shape index (κ1) is 24.4. The number of ether oxygens (including phenoxy) is 1. The van der Waals surface area contributed by atoms with Gasteiger partial charge in [-0.3, -0.25) is 9.69 Å². The van der Waals surface area contributed by atoms with Crippen molar-refractivity contribution in [1.82, 2.24) is 15.0 Å². The molecule has 1 fully saturated rings. The van der Waals surface area contributed by atoms with E-state index in [-0.39, 0.29) is 28.3 Å². The molecule has 1 aliphatic rings. The average molecular weight is 532 g/mol. The molecule has 4 aromatic rings. The molecule has 36 heavy (non-hydrogen) atoms. The Labute approximate surface area is 213 Å². The maximum Gasteiger partial charge on any atom is 0.309 e. The highest BCUT2D eigenvalue weighted by Gasteiger charge is 2.32. The number of benzene rings is 2. The van der Waals surface area contributed by atoms with Crippen LogP contribution >= 0.6 is 22.9 Å². The second-order valence-corrected chi connectivity index (χ2v) is 9.92. The van der Waals surface area contributed by atoms with Crippen LogP contribution in [0.25, 0.3) is 22.2 Å². The van der Waals surface area contributed by atoms with Gasteiger partial charge in [-0.25, -0.2) is 4.39 Å². The van der Waals surface area contributed by atoms with Crippen molar-refractivity contribution in [3.8, 4) is 33.7 Å². The average Bonchev–Trinajstić information content (AvgIpc) is 3.47. The van der Waals surface area contributed by atoms with Crippen LogP contribution < -0.4 is 4.74 Å². The molecule has 186 valence electrons. The molecule has 7 nitrogen and oxygen atoms in total. The van der Waals surface area contributed by atoms with Crippen LogP contribution in [-0.4, -0.2) is 39.2 Å². The summed E-state index contributed by atoms with van der Waals surface area (Å²) in [6.45, 7) is 3.81. The Balaban J connectivity index is 1.33. The monoisotopic (exact) mass is 531 g/mol. The Morgan fingerprint density at radius 3 is 2.78 bits per heavy atom. The lowest BCUT2D eigenvalue weighted by Gasteiger charge is -2.36. The summed E-state index contributed by atoms with van der Waals surface area (Å²) in [5.41, 5.74) is 1.62. The first-order chi connectivity index (χ1) is 17.3. The van der Waals surface area contributed by atoms with Gasteiger partial charge in [-0.1, -0.05) is 29.7 Å². The van der Waals surface area contributed by atoms with Gasteiger partial charge in [-0.05, 0) is 48.4 Å². The smallest absolute Gasteiger partial charge is 0.309 e. The van der Waals surface area contributed by atoms with Crippen LogP contribution in [0.4, 0.5) is 8.78 Å². The molecule has 2 aromatic heterocycles. The Morgan fingerprint density at radius 1 is 1.25 bits per heavy atom. The number of likely N-dealkylation sites (tertiary alicyclic amines) is 1. The van der Waals surface area contributed by atoms with Gasteiger partial charge < -0.3 is 14.4 Å². The number of aliphatic carboxylic acids is 1. The van der Waals surface area contributed by atoms with Crippen LogP contribution in [0.1, 0.15) is 17.4 Å². The Hall–Kier alpha value is -3.34. The molecule has 1 saturated heterocycles. The number of aryl methyl sites for hydroxylation is 1. The van der Waals surface area contributed by atoms with Crippen molar-refractivity contribution >= 4 is 28.9 Å². The maximum atomic E-state index is 13.9. The van der Waals surface area contributed by atoms with Crippen molar-refractivity contribution in [2.75, 3.05) is 13.1 Å². The molecule has 11 heteroatoms. The highest BCUT2D eigenvalue weighted by molar-refractivity contribution is 7.15. The maximum absolute atomic E-state index is 13.9. The van der Waals surface area contributed by atoms with Gasteiger partial charge >= 0.3 is 5.97 Å². The van der Waals surface area contributed by atoms with Crippen LogP contribution in [0.3, 0.4) is 0 Å². The molecule has 0 spiro atoms. The summed E-state index contributed by atoms with van der Waals surface area (Å²) >= 11 is 7.88. The first-order valence-corrected chi connectivity index (χ1v) is 12.3. The number of nitrogens with zero attached hydrogens (tertiary/aromatic N) is 3. The van der Waals surface area contributed by atoms with E-state index in [2.05, 4.69) is 21.1 Å². The number of hydrogen-bond acceptors (Lipinski definition) is 7. The summed E-state index contributed by atoms with van der Waals surface area (Å²) in [6.07, 6.45) is 0.780. The molecule has 1 N–H and O–H groups in total.